The first-order valence-corrected chi connectivity index (χ1v) is 11.3. The van der Waals surface area contributed by atoms with Crippen LogP contribution in [0.5, 0.6) is 11.6 Å². The standard InChI is InChI=1S/C27H23F3N2O4/c1-26(2)34-16-20(36-26)15-32-13-11-24(33)22-10-5-17(14-23(22)32)21-4-3-12-31-25(21)35-19-8-6-18(7-9-19)27(28,29)30/h3-14,20H,15-16H2,1-2H3. The van der Waals surface area contributed by atoms with E-state index in [9.17, 15) is 18.0 Å². The Morgan fingerprint density at radius 1 is 1.11 bits per heavy atom. The maximum Gasteiger partial charge on any atom is 0.416 e. The van der Waals surface area contributed by atoms with Crippen molar-refractivity contribution >= 4 is 10.9 Å². The highest BCUT2D eigenvalue weighted by atomic mass is 19.4. The first kappa shape index (κ1) is 24.0. The molecular weight excluding hydrogens is 473 g/mol. The Labute approximate surface area is 204 Å². The minimum Gasteiger partial charge on any atom is -0.438 e. The van der Waals surface area contributed by atoms with Crippen molar-refractivity contribution in [1.82, 2.24) is 9.55 Å². The predicted octanol–water partition coefficient (Wildman–Crippen LogP) is 6.03. The van der Waals surface area contributed by atoms with Gasteiger partial charge in [0.2, 0.25) is 5.88 Å². The van der Waals surface area contributed by atoms with Gasteiger partial charge < -0.3 is 18.8 Å². The third kappa shape index (κ3) is 4.98. The van der Waals surface area contributed by atoms with E-state index in [2.05, 4.69) is 4.98 Å². The molecule has 3 heterocycles. The molecule has 0 aliphatic carbocycles. The Balaban J connectivity index is 1.49. The van der Waals surface area contributed by atoms with Crippen LogP contribution in [0.25, 0.3) is 22.0 Å². The number of fused-ring (bicyclic) bond motifs is 1. The Morgan fingerprint density at radius 3 is 2.58 bits per heavy atom. The van der Waals surface area contributed by atoms with Crippen LogP contribution in [0.4, 0.5) is 13.2 Å². The van der Waals surface area contributed by atoms with Gasteiger partial charge in [-0.25, -0.2) is 4.98 Å². The van der Waals surface area contributed by atoms with Crippen molar-refractivity contribution in [1.29, 1.82) is 0 Å². The molecule has 2 aromatic carbocycles. The molecule has 1 saturated heterocycles. The van der Waals surface area contributed by atoms with Gasteiger partial charge in [-0.2, -0.15) is 13.2 Å². The second-order valence-corrected chi connectivity index (χ2v) is 9.00. The van der Waals surface area contributed by atoms with Gasteiger partial charge in [0.25, 0.3) is 0 Å². The molecule has 0 amide bonds. The van der Waals surface area contributed by atoms with Crippen LogP contribution in [0.15, 0.2) is 77.9 Å². The van der Waals surface area contributed by atoms with Crippen LogP contribution in [0, 0.1) is 0 Å². The molecule has 6 nitrogen and oxygen atoms in total. The van der Waals surface area contributed by atoms with Gasteiger partial charge in [0.05, 0.1) is 24.2 Å². The number of hydrogen-bond donors (Lipinski definition) is 0. The van der Waals surface area contributed by atoms with Crippen molar-refractivity contribution in [2.24, 2.45) is 0 Å². The molecule has 5 rings (SSSR count). The lowest BCUT2D eigenvalue weighted by molar-refractivity contribution is -0.139. The van der Waals surface area contributed by atoms with Gasteiger partial charge in [-0.15, -0.1) is 0 Å². The summed E-state index contributed by atoms with van der Waals surface area (Å²) in [5.74, 6) is -0.206. The number of aromatic nitrogens is 2. The number of ether oxygens (including phenoxy) is 3. The molecule has 1 fully saturated rings. The highest BCUT2D eigenvalue weighted by Crippen LogP contribution is 2.35. The Bertz CT molecular complexity index is 1460. The fourth-order valence-corrected chi connectivity index (χ4v) is 4.22. The fourth-order valence-electron chi connectivity index (χ4n) is 4.22. The number of pyridine rings is 2. The lowest BCUT2D eigenvalue weighted by Gasteiger charge is -2.19. The van der Waals surface area contributed by atoms with E-state index < -0.39 is 17.5 Å². The summed E-state index contributed by atoms with van der Waals surface area (Å²) in [5.41, 5.74) is 1.20. The molecule has 1 atom stereocenters. The van der Waals surface area contributed by atoms with Crippen LogP contribution >= 0.6 is 0 Å². The van der Waals surface area contributed by atoms with E-state index in [-0.39, 0.29) is 23.2 Å². The number of hydrogen-bond acceptors (Lipinski definition) is 5. The predicted molar refractivity (Wildman–Crippen MR) is 128 cm³/mol. The van der Waals surface area contributed by atoms with Crippen molar-refractivity contribution in [2.45, 2.75) is 38.5 Å². The first-order chi connectivity index (χ1) is 17.1. The Hall–Kier alpha value is -3.69. The van der Waals surface area contributed by atoms with Crippen LogP contribution < -0.4 is 10.2 Å². The normalized spacial score (nSPS) is 17.4. The fraction of sp³-hybridized carbons (Fsp3) is 0.259. The molecule has 1 unspecified atom stereocenters. The van der Waals surface area contributed by atoms with Crippen molar-refractivity contribution in [3.05, 3.63) is 88.8 Å². The van der Waals surface area contributed by atoms with E-state index in [0.29, 0.717) is 29.6 Å². The van der Waals surface area contributed by atoms with Gasteiger partial charge in [0.1, 0.15) is 11.9 Å². The zero-order chi connectivity index (χ0) is 25.5. The van der Waals surface area contributed by atoms with Crippen molar-refractivity contribution in [3.8, 4) is 22.8 Å². The zero-order valence-corrected chi connectivity index (χ0v) is 19.6. The minimum absolute atomic E-state index is 0.107. The van der Waals surface area contributed by atoms with E-state index >= 15 is 0 Å². The second kappa shape index (κ2) is 9.07. The third-order valence-electron chi connectivity index (χ3n) is 5.92. The molecule has 0 N–H and O–H groups in total. The summed E-state index contributed by atoms with van der Waals surface area (Å²) in [5, 5.41) is 0.550. The second-order valence-electron chi connectivity index (χ2n) is 9.00. The molecule has 2 aromatic heterocycles. The molecule has 186 valence electrons. The Morgan fingerprint density at radius 2 is 1.89 bits per heavy atom. The molecule has 0 spiro atoms. The highest BCUT2D eigenvalue weighted by molar-refractivity contribution is 5.85. The lowest BCUT2D eigenvalue weighted by Crippen LogP contribution is -2.24. The Kier molecular flexibility index (Phi) is 6.05. The van der Waals surface area contributed by atoms with E-state index in [0.717, 1.165) is 17.7 Å². The van der Waals surface area contributed by atoms with Crippen molar-refractivity contribution in [3.63, 3.8) is 0 Å². The van der Waals surface area contributed by atoms with Gasteiger partial charge in [-0.3, -0.25) is 4.79 Å². The van der Waals surface area contributed by atoms with Crippen LogP contribution in [0.3, 0.4) is 0 Å². The monoisotopic (exact) mass is 496 g/mol. The average molecular weight is 496 g/mol. The molecule has 0 saturated carbocycles. The summed E-state index contributed by atoms with van der Waals surface area (Å²) in [7, 11) is 0. The quantitative estimate of drug-likeness (QED) is 0.338. The zero-order valence-electron chi connectivity index (χ0n) is 19.6. The number of nitrogens with zero attached hydrogens (tertiary/aromatic N) is 2. The van der Waals surface area contributed by atoms with Crippen LogP contribution in [0.1, 0.15) is 19.4 Å². The maximum atomic E-state index is 12.9. The third-order valence-corrected chi connectivity index (χ3v) is 5.92. The van der Waals surface area contributed by atoms with Gasteiger partial charge in [-0.1, -0.05) is 6.07 Å². The topological polar surface area (TPSA) is 62.6 Å². The number of benzene rings is 2. The van der Waals surface area contributed by atoms with Crippen LogP contribution in [-0.2, 0) is 22.2 Å². The number of alkyl halides is 3. The smallest absolute Gasteiger partial charge is 0.416 e. The van der Waals surface area contributed by atoms with Gasteiger partial charge in [-0.05, 0) is 67.9 Å². The molecule has 1 aliphatic heterocycles. The minimum atomic E-state index is -4.43. The molecular formula is C27H23F3N2O4. The van der Waals surface area contributed by atoms with Gasteiger partial charge in [0.15, 0.2) is 11.2 Å². The van der Waals surface area contributed by atoms with E-state index in [1.165, 1.54) is 18.2 Å². The van der Waals surface area contributed by atoms with Crippen LogP contribution in [-0.4, -0.2) is 28.0 Å². The molecule has 0 radical (unpaired) electrons. The lowest BCUT2D eigenvalue weighted by atomic mass is 10.0. The van der Waals surface area contributed by atoms with Gasteiger partial charge in [0, 0.05) is 29.4 Å². The van der Waals surface area contributed by atoms with E-state index in [1.54, 1.807) is 36.7 Å². The molecule has 9 heteroatoms. The highest BCUT2D eigenvalue weighted by Gasteiger charge is 2.33. The number of rotatable bonds is 5. The summed E-state index contributed by atoms with van der Waals surface area (Å²) in [4.78, 5) is 16.8. The molecule has 4 aromatic rings. The molecule has 1 aliphatic rings. The van der Waals surface area contributed by atoms with Crippen LogP contribution in [0.2, 0.25) is 0 Å². The first-order valence-electron chi connectivity index (χ1n) is 11.3. The summed E-state index contributed by atoms with van der Waals surface area (Å²) in [6, 6.07) is 14.9. The molecule has 0 bridgehead atoms. The van der Waals surface area contributed by atoms with E-state index in [4.69, 9.17) is 14.2 Å². The summed E-state index contributed by atoms with van der Waals surface area (Å²) < 4.78 is 58.1. The van der Waals surface area contributed by atoms with Crippen molar-refractivity contribution < 1.29 is 27.4 Å². The SMILES string of the molecule is CC1(C)OCC(Cn2ccc(=O)c3ccc(-c4cccnc4Oc4ccc(C(F)(F)F)cc4)cc32)O1. The summed E-state index contributed by atoms with van der Waals surface area (Å²) in [6.07, 6.45) is -1.34. The maximum absolute atomic E-state index is 12.9. The largest absolute Gasteiger partial charge is 0.438 e. The summed E-state index contributed by atoms with van der Waals surface area (Å²) >= 11 is 0. The number of halogens is 3. The van der Waals surface area contributed by atoms with Crippen molar-refractivity contribution in [2.75, 3.05) is 6.61 Å². The van der Waals surface area contributed by atoms with Gasteiger partial charge >= 0.3 is 6.18 Å². The van der Waals surface area contributed by atoms with E-state index in [1.807, 2.05) is 24.5 Å². The average Bonchev–Trinajstić information content (AvgIpc) is 3.19. The summed E-state index contributed by atoms with van der Waals surface area (Å²) in [6.45, 7) is 4.64. The molecule has 36 heavy (non-hydrogen) atoms.